The second kappa shape index (κ2) is 7.04. The van der Waals surface area contributed by atoms with Crippen molar-refractivity contribution in [1.29, 1.82) is 0 Å². The Kier molecular flexibility index (Phi) is 4.22. The van der Waals surface area contributed by atoms with E-state index in [9.17, 15) is 4.79 Å². The van der Waals surface area contributed by atoms with Gasteiger partial charge in [-0.2, -0.15) is 4.40 Å². The van der Waals surface area contributed by atoms with Crippen molar-refractivity contribution < 1.29 is 9.20 Å². The molecule has 5 rings (SSSR count). The number of carbonyl (C=O) groups is 1. The maximum Gasteiger partial charge on any atom is 0.351 e. The van der Waals surface area contributed by atoms with Crippen molar-refractivity contribution >= 4 is 39.5 Å². The molecule has 0 aliphatic carbocycles. The number of amides is 1. The first-order valence-electron chi connectivity index (χ1n) is 9.13. The average Bonchev–Trinajstić information content (AvgIpc) is 3.14. The fourth-order valence-corrected chi connectivity index (χ4v) is 3.72. The molecule has 0 saturated heterocycles. The van der Waals surface area contributed by atoms with Crippen LogP contribution in [0.2, 0.25) is 5.02 Å². The number of H-pyrrole nitrogens is 1. The Morgan fingerprint density at radius 1 is 1.03 bits per heavy atom. The van der Waals surface area contributed by atoms with Crippen LogP contribution in [0.1, 0.15) is 10.6 Å². The number of hydrogen-bond acceptors (Lipinski definition) is 2. The first-order chi connectivity index (χ1) is 14.2. The number of nitrogens with one attached hydrogen (secondary N) is 2. The molecule has 0 aliphatic heterocycles. The molecule has 0 aliphatic rings. The van der Waals surface area contributed by atoms with Gasteiger partial charge in [0.05, 0.1) is 6.20 Å². The summed E-state index contributed by atoms with van der Waals surface area (Å²) in [7, 11) is 0. The monoisotopic (exact) mass is 399 g/mol. The smallest absolute Gasteiger partial charge is 0.315 e. The molecule has 5 nitrogen and oxygen atoms in total. The predicted molar refractivity (Wildman–Crippen MR) is 114 cm³/mol. The first kappa shape index (κ1) is 17.4. The van der Waals surface area contributed by atoms with Crippen molar-refractivity contribution in [3.05, 3.63) is 96.2 Å². The van der Waals surface area contributed by atoms with E-state index in [0.717, 1.165) is 33.2 Å². The zero-order valence-electron chi connectivity index (χ0n) is 15.3. The molecular weight excluding hydrogens is 384 g/mol. The topological polar surface area (TPSA) is 61.9 Å². The lowest BCUT2D eigenvalue weighted by atomic mass is 10.1. The van der Waals surface area contributed by atoms with Crippen molar-refractivity contribution in [2.24, 2.45) is 0 Å². The number of benzene rings is 2. The van der Waals surface area contributed by atoms with Gasteiger partial charge in [-0.1, -0.05) is 41.9 Å². The van der Waals surface area contributed by atoms with E-state index in [-0.39, 0.29) is 5.91 Å². The van der Waals surface area contributed by atoms with E-state index in [1.807, 2.05) is 77.3 Å². The molecule has 0 spiro atoms. The van der Waals surface area contributed by atoms with Gasteiger partial charge in [-0.05, 0) is 36.4 Å². The van der Waals surface area contributed by atoms with Crippen LogP contribution in [0.5, 0.6) is 0 Å². The Bertz CT molecular complexity index is 1370. The maximum atomic E-state index is 13.2. The highest BCUT2D eigenvalue weighted by Crippen LogP contribution is 2.26. The fraction of sp³-hybridized carbons (Fsp3) is 0. The highest BCUT2D eigenvalue weighted by Gasteiger charge is 2.25. The number of fused-ring (bicyclic) bond motifs is 2. The van der Waals surface area contributed by atoms with Gasteiger partial charge in [0.2, 0.25) is 0 Å². The van der Waals surface area contributed by atoms with Crippen LogP contribution in [0.25, 0.3) is 27.5 Å². The average molecular weight is 400 g/mol. The van der Waals surface area contributed by atoms with Gasteiger partial charge in [0, 0.05) is 39.4 Å². The van der Waals surface area contributed by atoms with Crippen LogP contribution in [0.15, 0.2) is 85.3 Å². The number of nitrogens with zero attached hydrogens (tertiary/aromatic N) is 2. The normalized spacial score (nSPS) is 11.1. The second-order valence-electron chi connectivity index (χ2n) is 6.67. The van der Waals surface area contributed by atoms with Crippen LogP contribution in [0.4, 0.5) is 5.69 Å². The third-order valence-electron chi connectivity index (χ3n) is 4.86. The minimum absolute atomic E-state index is 0.233. The van der Waals surface area contributed by atoms with E-state index < -0.39 is 0 Å². The van der Waals surface area contributed by atoms with Gasteiger partial charge >= 0.3 is 11.7 Å². The summed E-state index contributed by atoms with van der Waals surface area (Å²) in [5.41, 5.74) is 3.37. The van der Waals surface area contributed by atoms with Gasteiger partial charge in [0.15, 0.2) is 11.2 Å². The van der Waals surface area contributed by atoms with Crippen LogP contribution in [-0.4, -0.2) is 15.9 Å². The summed E-state index contributed by atoms with van der Waals surface area (Å²) in [6, 6.07) is 21.0. The molecule has 3 aromatic heterocycles. The zero-order valence-corrected chi connectivity index (χ0v) is 16.0. The zero-order chi connectivity index (χ0) is 19.8. The minimum Gasteiger partial charge on any atom is -0.315 e. The Morgan fingerprint density at radius 3 is 2.83 bits per heavy atom. The quantitative estimate of drug-likeness (QED) is 0.425. The standard InChI is InChI=1S/C23H15ClN4O/c24-17-7-3-5-15(13-17)21-20-9-1-2-12-28(20)22(27-21)23(29)26-19-8-4-6-16-14-25-11-10-18(16)19/h1-14H,(H,26,29)/p+1. The molecule has 2 aromatic carbocycles. The number of aromatic amines is 1. The third-order valence-corrected chi connectivity index (χ3v) is 5.09. The van der Waals surface area contributed by atoms with Gasteiger partial charge in [-0.25, -0.2) is 4.98 Å². The lowest BCUT2D eigenvalue weighted by Crippen LogP contribution is -2.31. The van der Waals surface area contributed by atoms with E-state index >= 15 is 0 Å². The van der Waals surface area contributed by atoms with E-state index in [0.29, 0.717) is 10.8 Å². The van der Waals surface area contributed by atoms with Gasteiger partial charge in [-0.15, -0.1) is 0 Å². The van der Waals surface area contributed by atoms with Gasteiger partial charge in [0.1, 0.15) is 0 Å². The number of pyridine rings is 2. The van der Waals surface area contributed by atoms with Gasteiger partial charge in [0.25, 0.3) is 0 Å². The second-order valence-corrected chi connectivity index (χ2v) is 7.11. The molecule has 0 unspecified atom stereocenters. The molecule has 0 bridgehead atoms. The number of halogens is 1. The molecule has 1 amide bonds. The number of carbonyl (C=O) groups excluding carboxylic acids is 1. The molecule has 2 N–H and O–H groups in total. The number of rotatable bonds is 3. The number of aromatic nitrogens is 3. The molecule has 140 valence electrons. The highest BCUT2D eigenvalue weighted by molar-refractivity contribution is 6.30. The van der Waals surface area contributed by atoms with E-state index in [4.69, 9.17) is 11.6 Å². The Balaban J connectivity index is 1.61. The summed E-state index contributed by atoms with van der Waals surface area (Å²) >= 11 is 6.17. The third kappa shape index (κ3) is 3.11. The minimum atomic E-state index is -0.233. The van der Waals surface area contributed by atoms with Crippen molar-refractivity contribution in [3.63, 3.8) is 0 Å². The Labute approximate surface area is 171 Å². The summed E-state index contributed by atoms with van der Waals surface area (Å²) < 4.78 is 1.85. The van der Waals surface area contributed by atoms with Gasteiger partial charge < -0.3 is 5.32 Å². The van der Waals surface area contributed by atoms with Crippen LogP contribution in [0.3, 0.4) is 0 Å². The molecule has 3 heterocycles. The van der Waals surface area contributed by atoms with Gasteiger partial charge in [-0.3, -0.25) is 9.78 Å². The molecule has 5 aromatic rings. The van der Waals surface area contributed by atoms with Crippen LogP contribution in [0, 0.1) is 0 Å². The largest absolute Gasteiger partial charge is 0.351 e. The highest BCUT2D eigenvalue weighted by atomic mass is 35.5. The van der Waals surface area contributed by atoms with Crippen molar-refractivity contribution in [2.45, 2.75) is 0 Å². The predicted octanol–water partition coefficient (Wildman–Crippen LogP) is 4.87. The van der Waals surface area contributed by atoms with Crippen LogP contribution in [-0.2, 0) is 0 Å². The SMILES string of the molecule is O=C(Nc1cccc2cnccc12)c1[nH]c(-c2cccc(Cl)c2)c2cccc[n+]12. The number of hydrogen-bond donors (Lipinski definition) is 2. The van der Waals surface area contributed by atoms with Crippen LogP contribution < -0.4 is 9.72 Å². The van der Waals surface area contributed by atoms with Crippen molar-refractivity contribution in [1.82, 2.24) is 9.97 Å². The lowest BCUT2D eigenvalue weighted by Gasteiger charge is -2.06. The summed E-state index contributed by atoms with van der Waals surface area (Å²) in [4.78, 5) is 20.6. The van der Waals surface area contributed by atoms with E-state index in [1.54, 1.807) is 12.4 Å². The summed E-state index contributed by atoms with van der Waals surface area (Å²) in [5, 5.41) is 5.57. The number of imidazole rings is 1. The molecule has 0 atom stereocenters. The molecule has 0 fully saturated rings. The van der Waals surface area contributed by atoms with Crippen LogP contribution >= 0.6 is 11.6 Å². The van der Waals surface area contributed by atoms with Crippen molar-refractivity contribution in [2.75, 3.05) is 5.32 Å². The van der Waals surface area contributed by atoms with Crippen molar-refractivity contribution in [3.8, 4) is 11.3 Å². The Morgan fingerprint density at radius 2 is 1.93 bits per heavy atom. The summed E-state index contributed by atoms with van der Waals surface area (Å²) in [6.07, 6.45) is 5.36. The van der Waals surface area contributed by atoms with E-state index in [1.165, 1.54) is 0 Å². The molecule has 29 heavy (non-hydrogen) atoms. The lowest BCUT2D eigenvalue weighted by molar-refractivity contribution is -0.513. The Hall–Kier alpha value is -3.70. The summed E-state index contributed by atoms with van der Waals surface area (Å²) in [6.45, 7) is 0. The molecule has 0 radical (unpaired) electrons. The fourth-order valence-electron chi connectivity index (χ4n) is 3.53. The molecule has 6 heteroatoms. The number of anilines is 1. The molecule has 0 saturated carbocycles. The maximum absolute atomic E-state index is 13.2. The van der Waals surface area contributed by atoms with E-state index in [2.05, 4.69) is 15.3 Å². The molecular formula is C23H16ClN4O+. The summed E-state index contributed by atoms with van der Waals surface area (Å²) in [5.74, 6) is 0.199. The first-order valence-corrected chi connectivity index (χ1v) is 9.51.